The quantitative estimate of drug-likeness (QED) is 0.479. The van der Waals surface area contributed by atoms with Crippen molar-refractivity contribution in [1.29, 1.82) is 0 Å². The van der Waals surface area contributed by atoms with E-state index >= 15 is 0 Å². The van der Waals surface area contributed by atoms with Gasteiger partial charge in [-0.2, -0.15) is 0 Å². The zero-order chi connectivity index (χ0) is 8.97. The van der Waals surface area contributed by atoms with Crippen LogP contribution in [0.25, 0.3) is 0 Å². The molecule has 0 bridgehead atoms. The molecule has 3 nitrogen and oxygen atoms in total. The Kier molecular flexibility index (Phi) is 3.84. The molecule has 2 atom stereocenters. The number of alkyl halides is 1. The predicted octanol–water partition coefficient (Wildman–Crippen LogP) is 0.213. The summed E-state index contributed by atoms with van der Waals surface area (Å²) in [5.41, 5.74) is 0. The molecule has 2 N–H and O–H groups in total. The number of hydrogen-bond donors (Lipinski definition) is 2. The summed E-state index contributed by atoms with van der Waals surface area (Å²) in [6.45, 7) is -0.0667. The average molecular weight is 180 g/mol. The minimum absolute atomic E-state index is 0.0600. The standard InChI is InChI=1S/C7H14F2N2O/c8-6-3-7(10-4-6)1-2-11(9)5-12/h6-7,10,12H,1-5H2. The van der Waals surface area contributed by atoms with Crippen LogP contribution in [0.5, 0.6) is 0 Å². The zero-order valence-corrected chi connectivity index (χ0v) is 6.84. The van der Waals surface area contributed by atoms with Gasteiger partial charge in [-0.15, -0.1) is 9.60 Å². The predicted molar refractivity (Wildman–Crippen MR) is 40.8 cm³/mol. The second-order valence-electron chi connectivity index (χ2n) is 3.05. The smallest absolute Gasteiger partial charge is 0.124 e. The summed E-state index contributed by atoms with van der Waals surface area (Å²) < 4.78 is 24.9. The number of nitrogens with zero attached hydrogens (tertiary/aromatic N) is 1. The summed E-state index contributed by atoms with van der Waals surface area (Å²) in [5, 5.41) is 11.6. The van der Waals surface area contributed by atoms with Crippen LogP contribution in [0, 0.1) is 0 Å². The second kappa shape index (κ2) is 4.69. The van der Waals surface area contributed by atoms with Crippen LogP contribution in [-0.4, -0.2) is 42.3 Å². The van der Waals surface area contributed by atoms with Crippen LogP contribution < -0.4 is 5.32 Å². The monoisotopic (exact) mass is 180 g/mol. The van der Waals surface area contributed by atoms with Crippen LogP contribution in [0.3, 0.4) is 0 Å². The molecule has 12 heavy (non-hydrogen) atoms. The average Bonchev–Trinajstić information content (AvgIpc) is 2.47. The van der Waals surface area contributed by atoms with Crippen LogP contribution in [0.2, 0.25) is 0 Å². The van der Waals surface area contributed by atoms with E-state index < -0.39 is 12.9 Å². The van der Waals surface area contributed by atoms with Gasteiger partial charge < -0.3 is 10.4 Å². The number of aliphatic hydroxyl groups is 1. The number of hydrogen-bond acceptors (Lipinski definition) is 3. The van der Waals surface area contributed by atoms with Gasteiger partial charge in [0.05, 0.1) is 0 Å². The first-order valence-corrected chi connectivity index (χ1v) is 4.11. The van der Waals surface area contributed by atoms with Gasteiger partial charge in [0, 0.05) is 19.1 Å². The lowest BCUT2D eigenvalue weighted by Crippen LogP contribution is -2.27. The third kappa shape index (κ3) is 3.00. The fourth-order valence-electron chi connectivity index (χ4n) is 1.36. The zero-order valence-electron chi connectivity index (χ0n) is 6.84. The van der Waals surface area contributed by atoms with Crippen molar-refractivity contribution in [2.75, 3.05) is 19.8 Å². The first kappa shape index (κ1) is 9.83. The Labute approximate surface area is 70.3 Å². The molecule has 72 valence electrons. The van der Waals surface area contributed by atoms with E-state index in [9.17, 15) is 8.87 Å². The molecule has 0 aliphatic carbocycles. The first-order valence-electron chi connectivity index (χ1n) is 4.11. The van der Waals surface area contributed by atoms with E-state index in [0.717, 1.165) is 0 Å². The van der Waals surface area contributed by atoms with Crippen molar-refractivity contribution in [3.63, 3.8) is 0 Å². The van der Waals surface area contributed by atoms with Crippen molar-refractivity contribution in [3.05, 3.63) is 0 Å². The van der Waals surface area contributed by atoms with E-state index in [1.54, 1.807) is 0 Å². The number of nitrogens with one attached hydrogen (secondary N) is 1. The van der Waals surface area contributed by atoms with Gasteiger partial charge in [-0.3, -0.25) is 0 Å². The van der Waals surface area contributed by atoms with Crippen LogP contribution >= 0.6 is 0 Å². The van der Waals surface area contributed by atoms with Crippen molar-refractivity contribution in [3.8, 4) is 0 Å². The summed E-state index contributed by atoms with van der Waals surface area (Å²) in [4.78, 5) is 0. The fourth-order valence-corrected chi connectivity index (χ4v) is 1.36. The minimum Gasteiger partial charge on any atom is -0.379 e. The molecule has 1 heterocycles. The van der Waals surface area contributed by atoms with E-state index in [4.69, 9.17) is 5.11 Å². The maximum Gasteiger partial charge on any atom is 0.124 e. The van der Waals surface area contributed by atoms with Gasteiger partial charge in [0.25, 0.3) is 0 Å². The van der Waals surface area contributed by atoms with Crippen LogP contribution in [0.4, 0.5) is 8.87 Å². The van der Waals surface area contributed by atoms with Crippen LogP contribution in [0.15, 0.2) is 0 Å². The third-order valence-electron chi connectivity index (χ3n) is 2.04. The highest BCUT2D eigenvalue weighted by Gasteiger charge is 2.23. The van der Waals surface area contributed by atoms with Crippen LogP contribution in [-0.2, 0) is 0 Å². The van der Waals surface area contributed by atoms with Crippen molar-refractivity contribution in [2.24, 2.45) is 0 Å². The lowest BCUT2D eigenvalue weighted by molar-refractivity contribution is -0.0534. The molecule has 0 aromatic heterocycles. The Morgan fingerprint density at radius 2 is 2.33 bits per heavy atom. The lowest BCUT2D eigenvalue weighted by Gasteiger charge is -2.12. The molecule has 1 fully saturated rings. The molecule has 0 aromatic rings. The molecule has 0 radical (unpaired) electrons. The van der Waals surface area contributed by atoms with Crippen molar-refractivity contribution >= 4 is 0 Å². The topological polar surface area (TPSA) is 35.5 Å². The Balaban J connectivity index is 2.07. The molecule has 0 aromatic carbocycles. The number of rotatable bonds is 4. The molecule has 0 saturated carbocycles. The fraction of sp³-hybridized carbons (Fsp3) is 1.00. The summed E-state index contributed by atoms with van der Waals surface area (Å²) in [5.74, 6) is 0. The number of halogens is 2. The lowest BCUT2D eigenvalue weighted by atomic mass is 10.1. The summed E-state index contributed by atoms with van der Waals surface area (Å²) in [7, 11) is 0. The highest BCUT2D eigenvalue weighted by atomic mass is 19.2. The van der Waals surface area contributed by atoms with Gasteiger partial charge in [0.2, 0.25) is 0 Å². The van der Waals surface area contributed by atoms with Crippen molar-refractivity contribution < 1.29 is 14.0 Å². The van der Waals surface area contributed by atoms with E-state index in [1.165, 1.54) is 0 Å². The molecule has 1 rings (SSSR count). The van der Waals surface area contributed by atoms with E-state index in [1.807, 2.05) is 0 Å². The Hall–Kier alpha value is -0.260. The molecular weight excluding hydrogens is 166 g/mol. The van der Waals surface area contributed by atoms with E-state index in [-0.39, 0.29) is 12.6 Å². The maximum atomic E-state index is 12.6. The summed E-state index contributed by atoms with van der Waals surface area (Å²) >= 11 is 0. The summed E-state index contributed by atoms with van der Waals surface area (Å²) in [6.07, 6.45) is 0.203. The molecule has 1 aliphatic heterocycles. The molecule has 0 spiro atoms. The normalized spacial score (nSPS) is 30.0. The number of aliphatic hydroxyl groups excluding tert-OH is 1. The third-order valence-corrected chi connectivity index (χ3v) is 2.04. The second-order valence-corrected chi connectivity index (χ2v) is 3.05. The Morgan fingerprint density at radius 3 is 2.83 bits per heavy atom. The minimum atomic E-state index is -0.794. The Morgan fingerprint density at radius 1 is 1.58 bits per heavy atom. The first-order chi connectivity index (χ1) is 5.72. The van der Waals surface area contributed by atoms with Crippen molar-refractivity contribution in [2.45, 2.75) is 25.1 Å². The molecule has 1 aliphatic rings. The molecule has 0 amide bonds. The largest absolute Gasteiger partial charge is 0.379 e. The van der Waals surface area contributed by atoms with Gasteiger partial charge in [0.15, 0.2) is 0 Å². The molecular formula is C7H14F2N2O. The van der Waals surface area contributed by atoms with Gasteiger partial charge >= 0.3 is 0 Å². The maximum absolute atomic E-state index is 12.6. The molecule has 5 heteroatoms. The van der Waals surface area contributed by atoms with Crippen molar-refractivity contribution in [1.82, 2.24) is 10.4 Å². The Bertz CT molecular complexity index is 137. The van der Waals surface area contributed by atoms with E-state index in [2.05, 4.69) is 5.32 Å². The SMILES string of the molecule is OCN(F)CCC1CC(F)CN1. The van der Waals surface area contributed by atoms with Gasteiger partial charge in [-0.25, -0.2) is 4.39 Å². The van der Waals surface area contributed by atoms with Gasteiger partial charge in [-0.05, 0) is 12.8 Å². The van der Waals surface area contributed by atoms with Gasteiger partial charge in [-0.1, -0.05) is 0 Å². The molecule has 2 unspecified atom stereocenters. The highest BCUT2D eigenvalue weighted by molar-refractivity contribution is 4.81. The highest BCUT2D eigenvalue weighted by Crippen LogP contribution is 2.13. The van der Waals surface area contributed by atoms with E-state index in [0.29, 0.717) is 24.5 Å². The molecule has 1 saturated heterocycles. The van der Waals surface area contributed by atoms with Crippen LogP contribution in [0.1, 0.15) is 12.8 Å². The summed E-state index contributed by atoms with van der Waals surface area (Å²) in [6, 6.07) is 0.0600. The van der Waals surface area contributed by atoms with Gasteiger partial charge in [0.1, 0.15) is 12.9 Å².